The highest BCUT2D eigenvalue weighted by Gasteiger charge is 2.29. The largest absolute Gasteiger partial charge is 0.356 e. The van der Waals surface area contributed by atoms with Crippen LogP contribution >= 0.6 is 22.6 Å². The van der Waals surface area contributed by atoms with Gasteiger partial charge >= 0.3 is 0 Å². The molecule has 1 fully saturated rings. The van der Waals surface area contributed by atoms with E-state index in [1.165, 1.54) is 14.3 Å². The molecule has 0 spiro atoms. The van der Waals surface area contributed by atoms with Gasteiger partial charge in [-0.05, 0) is 46.5 Å². The molecule has 3 rings (SSSR count). The number of rotatable bonds is 2. The molecule has 0 bridgehead atoms. The summed E-state index contributed by atoms with van der Waals surface area (Å²) in [4.78, 5) is 20.5. The molecule has 2 heterocycles. The number of pyridine rings is 1. The van der Waals surface area contributed by atoms with Crippen molar-refractivity contribution >= 4 is 45.1 Å². The summed E-state index contributed by atoms with van der Waals surface area (Å²) in [5.74, 6) is 1.28. The van der Waals surface area contributed by atoms with E-state index in [9.17, 15) is 4.79 Å². The van der Waals surface area contributed by atoms with Gasteiger partial charge in [0.05, 0.1) is 5.92 Å². The van der Waals surface area contributed by atoms with Crippen LogP contribution in [0.15, 0.2) is 30.5 Å². The Morgan fingerprint density at radius 1 is 1.43 bits per heavy atom. The quantitative estimate of drug-likeness (QED) is 0.734. The second-order valence-corrected chi connectivity index (χ2v) is 6.83. The number of anilines is 1. The van der Waals surface area contributed by atoms with Crippen LogP contribution in [0.2, 0.25) is 0 Å². The van der Waals surface area contributed by atoms with Gasteiger partial charge in [0.25, 0.3) is 0 Å². The van der Waals surface area contributed by atoms with Gasteiger partial charge < -0.3 is 9.80 Å². The molecular formula is C16H18IN3O. The van der Waals surface area contributed by atoms with E-state index in [-0.39, 0.29) is 11.8 Å². The Kier molecular flexibility index (Phi) is 4.01. The molecule has 21 heavy (non-hydrogen) atoms. The van der Waals surface area contributed by atoms with Crippen LogP contribution < -0.4 is 4.90 Å². The minimum Gasteiger partial charge on any atom is -0.356 e. The molecule has 1 aliphatic rings. The highest BCUT2D eigenvalue weighted by atomic mass is 127. The number of hydrogen-bond acceptors (Lipinski definition) is 3. The van der Waals surface area contributed by atoms with Crippen molar-refractivity contribution in [2.45, 2.75) is 6.42 Å². The average molecular weight is 395 g/mol. The molecule has 2 aromatic rings. The van der Waals surface area contributed by atoms with Crippen molar-refractivity contribution in [3.8, 4) is 0 Å². The first-order valence-corrected chi connectivity index (χ1v) is 8.14. The third-order valence-electron chi connectivity index (χ3n) is 4.00. The number of hydrogen-bond donors (Lipinski definition) is 0. The summed E-state index contributed by atoms with van der Waals surface area (Å²) in [5.41, 5.74) is 0. The predicted octanol–water partition coefficient (Wildman–Crippen LogP) is 2.75. The third-order valence-corrected chi connectivity index (χ3v) is 4.94. The van der Waals surface area contributed by atoms with Crippen molar-refractivity contribution < 1.29 is 4.79 Å². The van der Waals surface area contributed by atoms with E-state index in [1.807, 2.05) is 20.3 Å². The minimum absolute atomic E-state index is 0.0911. The molecule has 0 aliphatic carbocycles. The standard InChI is InChI=1S/C16H18IN3O/c1-19(2)16(21)12-6-7-20(10-12)15-8-11-4-3-5-14(17)13(11)9-18-15/h3-5,8-9,12H,6-7,10H2,1-2H3. The number of carbonyl (C=O) groups is 1. The average Bonchev–Trinajstić information content (AvgIpc) is 2.96. The van der Waals surface area contributed by atoms with Crippen molar-refractivity contribution in [3.63, 3.8) is 0 Å². The Balaban J connectivity index is 1.84. The summed E-state index contributed by atoms with van der Waals surface area (Å²) in [6.07, 6.45) is 2.84. The number of aromatic nitrogens is 1. The highest BCUT2D eigenvalue weighted by molar-refractivity contribution is 14.1. The first-order chi connectivity index (χ1) is 10.1. The molecule has 1 unspecified atom stereocenters. The maximum absolute atomic E-state index is 12.1. The smallest absolute Gasteiger partial charge is 0.227 e. The van der Waals surface area contributed by atoms with Crippen molar-refractivity contribution in [1.82, 2.24) is 9.88 Å². The van der Waals surface area contributed by atoms with E-state index in [0.717, 1.165) is 25.3 Å². The number of nitrogens with zero attached hydrogens (tertiary/aromatic N) is 3. The normalized spacial score (nSPS) is 18.2. The molecule has 1 aromatic heterocycles. The van der Waals surface area contributed by atoms with Gasteiger partial charge in [0.1, 0.15) is 5.82 Å². The van der Waals surface area contributed by atoms with Crippen molar-refractivity contribution in [2.24, 2.45) is 5.92 Å². The molecule has 1 atom stereocenters. The fourth-order valence-corrected chi connectivity index (χ4v) is 3.49. The Morgan fingerprint density at radius 3 is 3.00 bits per heavy atom. The van der Waals surface area contributed by atoms with E-state index in [2.05, 4.69) is 56.7 Å². The number of halogens is 1. The summed E-state index contributed by atoms with van der Waals surface area (Å²) in [5, 5.41) is 2.39. The fraction of sp³-hybridized carbons (Fsp3) is 0.375. The van der Waals surface area contributed by atoms with Crippen molar-refractivity contribution in [2.75, 3.05) is 32.1 Å². The summed E-state index contributed by atoms with van der Waals surface area (Å²) in [6, 6.07) is 8.39. The van der Waals surface area contributed by atoms with Crippen LogP contribution in [0.5, 0.6) is 0 Å². The summed E-state index contributed by atoms with van der Waals surface area (Å²) in [6.45, 7) is 1.66. The molecule has 110 valence electrons. The summed E-state index contributed by atoms with van der Waals surface area (Å²) < 4.78 is 1.21. The maximum Gasteiger partial charge on any atom is 0.227 e. The molecule has 5 heteroatoms. The van der Waals surface area contributed by atoms with Crippen LogP contribution in [0, 0.1) is 9.49 Å². The van der Waals surface area contributed by atoms with E-state index >= 15 is 0 Å². The molecule has 1 aromatic carbocycles. The Bertz CT molecular complexity index is 686. The van der Waals surface area contributed by atoms with Gasteiger partial charge in [0.15, 0.2) is 0 Å². The minimum atomic E-state index is 0.0911. The maximum atomic E-state index is 12.1. The molecule has 0 saturated carbocycles. The molecule has 1 saturated heterocycles. The van der Waals surface area contributed by atoms with Crippen molar-refractivity contribution in [3.05, 3.63) is 34.0 Å². The number of carbonyl (C=O) groups excluding carboxylic acids is 1. The second-order valence-electron chi connectivity index (χ2n) is 5.67. The molecule has 1 aliphatic heterocycles. The van der Waals surface area contributed by atoms with Gasteiger partial charge in [-0.15, -0.1) is 0 Å². The zero-order chi connectivity index (χ0) is 15.0. The first kappa shape index (κ1) is 14.6. The lowest BCUT2D eigenvalue weighted by atomic mass is 10.1. The van der Waals surface area contributed by atoms with Gasteiger partial charge in [-0.2, -0.15) is 0 Å². The number of fused-ring (bicyclic) bond motifs is 1. The lowest BCUT2D eigenvalue weighted by molar-refractivity contribution is -0.132. The Hall–Kier alpha value is -1.37. The van der Waals surface area contributed by atoms with Gasteiger partial charge in [0, 0.05) is 42.3 Å². The first-order valence-electron chi connectivity index (χ1n) is 7.06. The van der Waals surface area contributed by atoms with E-state index in [1.54, 1.807) is 4.90 Å². The van der Waals surface area contributed by atoms with Gasteiger partial charge in [0.2, 0.25) is 5.91 Å². The lowest BCUT2D eigenvalue weighted by Crippen LogP contribution is -2.32. The second kappa shape index (κ2) is 5.79. The third kappa shape index (κ3) is 2.84. The molecule has 0 N–H and O–H groups in total. The topological polar surface area (TPSA) is 36.4 Å². The van der Waals surface area contributed by atoms with E-state index in [0.29, 0.717) is 0 Å². The van der Waals surface area contributed by atoms with Crippen LogP contribution in [-0.2, 0) is 4.79 Å². The van der Waals surface area contributed by atoms with Gasteiger partial charge in [-0.1, -0.05) is 12.1 Å². The van der Waals surface area contributed by atoms with Crippen LogP contribution in [0.4, 0.5) is 5.82 Å². The van der Waals surface area contributed by atoms with Crippen LogP contribution in [0.3, 0.4) is 0 Å². The van der Waals surface area contributed by atoms with Gasteiger partial charge in [-0.3, -0.25) is 4.79 Å². The Morgan fingerprint density at radius 2 is 2.24 bits per heavy atom. The van der Waals surface area contributed by atoms with Crippen LogP contribution in [0.1, 0.15) is 6.42 Å². The summed E-state index contributed by atoms with van der Waals surface area (Å²) >= 11 is 2.33. The zero-order valence-electron chi connectivity index (χ0n) is 12.2. The fourth-order valence-electron chi connectivity index (χ4n) is 2.83. The molecule has 1 amide bonds. The molecular weight excluding hydrogens is 377 g/mol. The SMILES string of the molecule is CN(C)C(=O)C1CCN(c2cc3cccc(I)c3cn2)C1. The number of amides is 1. The summed E-state index contributed by atoms with van der Waals surface area (Å²) in [7, 11) is 3.64. The van der Waals surface area contributed by atoms with Crippen LogP contribution in [-0.4, -0.2) is 43.0 Å². The highest BCUT2D eigenvalue weighted by Crippen LogP contribution is 2.27. The van der Waals surface area contributed by atoms with Gasteiger partial charge in [-0.25, -0.2) is 4.98 Å². The zero-order valence-corrected chi connectivity index (χ0v) is 14.4. The lowest BCUT2D eigenvalue weighted by Gasteiger charge is -2.19. The van der Waals surface area contributed by atoms with Crippen LogP contribution in [0.25, 0.3) is 10.8 Å². The van der Waals surface area contributed by atoms with Crippen molar-refractivity contribution in [1.29, 1.82) is 0 Å². The monoisotopic (exact) mass is 395 g/mol. The van der Waals surface area contributed by atoms with E-state index < -0.39 is 0 Å². The predicted molar refractivity (Wildman–Crippen MR) is 93.5 cm³/mol. The molecule has 0 radical (unpaired) electrons. The number of benzene rings is 1. The van der Waals surface area contributed by atoms with E-state index in [4.69, 9.17) is 0 Å². The Labute approximate surface area is 138 Å². The molecule has 4 nitrogen and oxygen atoms in total.